The molecule has 1 atom stereocenters. The molecule has 7 heteroatoms. The van der Waals surface area contributed by atoms with Crippen molar-refractivity contribution in [1.82, 2.24) is 14.4 Å². The third-order valence-electron chi connectivity index (χ3n) is 3.42. The van der Waals surface area contributed by atoms with E-state index in [1.807, 2.05) is 44.4 Å². The van der Waals surface area contributed by atoms with E-state index in [1.165, 1.54) is 11.8 Å². The van der Waals surface area contributed by atoms with E-state index in [2.05, 4.69) is 9.97 Å². The van der Waals surface area contributed by atoms with E-state index >= 15 is 0 Å². The zero-order valence-corrected chi connectivity index (χ0v) is 13.4. The van der Waals surface area contributed by atoms with E-state index in [0.717, 1.165) is 17.1 Å². The summed E-state index contributed by atoms with van der Waals surface area (Å²) in [7, 11) is 0. The summed E-state index contributed by atoms with van der Waals surface area (Å²) in [6.45, 7) is 7.61. The molecule has 0 unspecified atom stereocenters. The Labute approximate surface area is 127 Å². The number of aliphatic carboxylic acids is 1. The largest absolute Gasteiger partial charge is 0.480 e. The van der Waals surface area contributed by atoms with Crippen molar-refractivity contribution in [3.05, 3.63) is 29.3 Å². The molecule has 6 nitrogen and oxygen atoms in total. The van der Waals surface area contributed by atoms with Crippen LogP contribution >= 0.6 is 11.8 Å². The molecule has 2 aromatic heterocycles. The Balaban J connectivity index is 2.17. The van der Waals surface area contributed by atoms with E-state index in [1.54, 1.807) is 0 Å². The minimum Gasteiger partial charge on any atom is -0.480 e. The van der Waals surface area contributed by atoms with Crippen molar-refractivity contribution < 1.29 is 9.90 Å². The summed E-state index contributed by atoms with van der Waals surface area (Å²) in [4.78, 5) is 19.9. The lowest BCUT2D eigenvalue weighted by molar-refractivity contribution is -0.139. The van der Waals surface area contributed by atoms with Crippen molar-refractivity contribution in [3.63, 3.8) is 0 Å². The minimum atomic E-state index is -0.990. The van der Waals surface area contributed by atoms with Crippen molar-refractivity contribution in [2.24, 2.45) is 5.73 Å². The number of carbonyl (C=O) groups is 1. The first-order valence-corrected chi connectivity index (χ1v) is 7.64. The topological polar surface area (TPSA) is 93.5 Å². The van der Waals surface area contributed by atoms with Gasteiger partial charge in [0.15, 0.2) is 0 Å². The number of thioether (sulfide) groups is 1. The minimum absolute atomic E-state index is 0.569. The summed E-state index contributed by atoms with van der Waals surface area (Å²) < 4.78 is 1.37. The highest BCUT2D eigenvalue weighted by molar-refractivity contribution is 7.99. The number of fused-ring (bicyclic) bond motifs is 1. The number of aryl methyl sites for hydroxylation is 2. The van der Waals surface area contributed by atoms with Crippen LogP contribution in [0, 0.1) is 13.8 Å². The van der Waals surface area contributed by atoms with Crippen LogP contribution in [0.2, 0.25) is 0 Å². The Hall–Kier alpha value is -1.60. The van der Waals surface area contributed by atoms with Gasteiger partial charge in [-0.3, -0.25) is 9.20 Å². The quantitative estimate of drug-likeness (QED) is 0.874. The molecule has 114 valence electrons. The van der Waals surface area contributed by atoms with Crippen LogP contribution in [0.5, 0.6) is 0 Å². The van der Waals surface area contributed by atoms with Crippen LogP contribution < -0.4 is 5.73 Å². The van der Waals surface area contributed by atoms with E-state index in [-0.39, 0.29) is 0 Å². The number of imidazole rings is 1. The Morgan fingerprint density at radius 3 is 2.76 bits per heavy atom. The zero-order valence-electron chi connectivity index (χ0n) is 12.6. The number of carboxylic acids is 1. The van der Waals surface area contributed by atoms with Crippen LogP contribution in [0.3, 0.4) is 0 Å². The fourth-order valence-corrected chi connectivity index (χ4v) is 2.97. The zero-order chi connectivity index (χ0) is 15.8. The first-order valence-electron chi connectivity index (χ1n) is 6.65. The lowest BCUT2D eigenvalue weighted by Crippen LogP contribution is -2.46. The van der Waals surface area contributed by atoms with Crippen LogP contribution in [0.1, 0.15) is 30.9 Å². The standard InChI is InChI=1S/C14H20N4O2S/c1-8-5-9(2)18-6-10(17-13(18)16-8)7-21-14(3,4)11(15)12(19)20/h5-6,11H,7,15H2,1-4H3,(H,19,20)/t11-/m0/s1. The fraction of sp³-hybridized carbons (Fsp3) is 0.500. The first kappa shape index (κ1) is 15.8. The van der Waals surface area contributed by atoms with Gasteiger partial charge in [0, 0.05) is 28.1 Å². The van der Waals surface area contributed by atoms with Crippen molar-refractivity contribution in [3.8, 4) is 0 Å². The summed E-state index contributed by atoms with van der Waals surface area (Å²) in [6.07, 6.45) is 1.94. The maximum Gasteiger partial charge on any atom is 0.321 e. The van der Waals surface area contributed by atoms with Crippen molar-refractivity contribution in [2.45, 2.75) is 44.2 Å². The van der Waals surface area contributed by atoms with Gasteiger partial charge in [0.1, 0.15) is 6.04 Å². The molecule has 0 bridgehead atoms. The molecule has 0 aromatic carbocycles. The van der Waals surface area contributed by atoms with Gasteiger partial charge in [-0.25, -0.2) is 9.97 Å². The summed E-state index contributed by atoms with van der Waals surface area (Å²) in [5.74, 6) is 0.273. The van der Waals surface area contributed by atoms with Gasteiger partial charge in [0.2, 0.25) is 5.78 Å². The Kier molecular flexibility index (Phi) is 4.25. The number of hydrogen-bond acceptors (Lipinski definition) is 5. The predicted molar refractivity (Wildman–Crippen MR) is 83.4 cm³/mol. The van der Waals surface area contributed by atoms with Crippen LogP contribution in [0.25, 0.3) is 5.78 Å². The number of aromatic nitrogens is 3. The summed E-state index contributed by atoms with van der Waals surface area (Å²) in [5, 5.41) is 9.03. The summed E-state index contributed by atoms with van der Waals surface area (Å²) >= 11 is 1.48. The molecule has 0 amide bonds. The van der Waals surface area contributed by atoms with Gasteiger partial charge in [-0.2, -0.15) is 0 Å². The summed E-state index contributed by atoms with van der Waals surface area (Å²) in [6, 6.07) is 1.08. The van der Waals surface area contributed by atoms with Crippen LogP contribution in [0.4, 0.5) is 0 Å². The Morgan fingerprint density at radius 1 is 1.48 bits per heavy atom. The smallest absolute Gasteiger partial charge is 0.321 e. The normalized spacial score (nSPS) is 13.6. The average molecular weight is 308 g/mol. The molecular weight excluding hydrogens is 288 g/mol. The molecular formula is C14H20N4O2S. The van der Waals surface area contributed by atoms with E-state index in [0.29, 0.717) is 11.5 Å². The second kappa shape index (κ2) is 5.65. The Bertz CT molecular complexity index is 681. The van der Waals surface area contributed by atoms with E-state index in [9.17, 15) is 4.79 Å². The number of nitrogens with zero attached hydrogens (tertiary/aromatic N) is 3. The number of hydrogen-bond donors (Lipinski definition) is 2. The third-order valence-corrected chi connectivity index (χ3v) is 4.86. The predicted octanol–water partition coefficient (Wildman–Crippen LogP) is 1.77. The Morgan fingerprint density at radius 2 is 2.14 bits per heavy atom. The van der Waals surface area contributed by atoms with Gasteiger partial charge in [-0.15, -0.1) is 11.8 Å². The molecule has 0 saturated carbocycles. The number of carboxylic acid groups (broad SMARTS) is 1. The molecule has 0 aliphatic heterocycles. The second-order valence-electron chi connectivity index (χ2n) is 5.65. The lowest BCUT2D eigenvalue weighted by atomic mass is 10.1. The monoisotopic (exact) mass is 308 g/mol. The molecule has 3 N–H and O–H groups in total. The molecule has 21 heavy (non-hydrogen) atoms. The van der Waals surface area contributed by atoms with Gasteiger partial charge in [-0.05, 0) is 33.8 Å². The maximum absolute atomic E-state index is 11.0. The molecule has 0 spiro atoms. The molecule has 0 aliphatic carbocycles. The lowest BCUT2D eigenvalue weighted by Gasteiger charge is -2.27. The molecule has 2 heterocycles. The second-order valence-corrected chi connectivity index (χ2v) is 7.28. The van der Waals surface area contributed by atoms with Gasteiger partial charge in [0.25, 0.3) is 0 Å². The van der Waals surface area contributed by atoms with Gasteiger partial charge in [-0.1, -0.05) is 0 Å². The van der Waals surface area contributed by atoms with Crippen LogP contribution in [-0.2, 0) is 10.5 Å². The van der Waals surface area contributed by atoms with E-state index < -0.39 is 16.8 Å². The average Bonchev–Trinajstić information content (AvgIpc) is 2.78. The van der Waals surface area contributed by atoms with Crippen molar-refractivity contribution in [2.75, 3.05) is 0 Å². The molecule has 2 rings (SSSR count). The molecule has 2 aromatic rings. The highest BCUT2D eigenvalue weighted by atomic mass is 32.2. The SMILES string of the molecule is Cc1cc(C)n2cc(CSC(C)(C)[C@@H](N)C(=O)O)nc2n1. The van der Waals surface area contributed by atoms with Crippen molar-refractivity contribution >= 4 is 23.5 Å². The molecule has 0 fully saturated rings. The van der Waals surface area contributed by atoms with Crippen LogP contribution in [0.15, 0.2) is 12.3 Å². The van der Waals surface area contributed by atoms with E-state index in [4.69, 9.17) is 10.8 Å². The number of nitrogens with two attached hydrogens (primary N) is 1. The van der Waals surface area contributed by atoms with Crippen LogP contribution in [-0.4, -0.2) is 36.2 Å². The first-order chi connectivity index (χ1) is 9.70. The molecule has 0 radical (unpaired) electrons. The van der Waals surface area contributed by atoms with Crippen molar-refractivity contribution in [1.29, 1.82) is 0 Å². The van der Waals surface area contributed by atoms with Gasteiger partial charge in [0.05, 0.1) is 5.69 Å². The molecule has 0 saturated heterocycles. The molecule has 0 aliphatic rings. The number of rotatable bonds is 5. The maximum atomic E-state index is 11.0. The highest BCUT2D eigenvalue weighted by Crippen LogP contribution is 2.30. The summed E-state index contributed by atoms with van der Waals surface area (Å²) in [5.41, 5.74) is 8.59. The fourth-order valence-electron chi connectivity index (χ4n) is 2.03. The van der Waals surface area contributed by atoms with Gasteiger partial charge >= 0.3 is 5.97 Å². The van der Waals surface area contributed by atoms with Gasteiger partial charge < -0.3 is 10.8 Å². The third kappa shape index (κ3) is 3.36. The highest BCUT2D eigenvalue weighted by Gasteiger charge is 2.32.